The maximum Gasteiger partial charge on any atom is 0.167 e. The number of fused-ring (bicyclic) bond motifs is 1. The smallest absolute Gasteiger partial charge is 0.167 e. The van der Waals surface area contributed by atoms with Gasteiger partial charge in [0.1, 0.15) is 5.82 Å². The molecule has 2 aliphatic heterocycles. The Morgan fingerprint density at radius 2 is 2.09 bits per heavy atom. The predicted molar refractivity (Wildman–Crippen MR) is 128 cm³/mol. The lowest BCUT2D eigenvalue weighted by atomic mass is 10.1. The molecule has 1 aliphatic carbocycles. The first-order valence-electron chi connectivity index (χ1n) is 12.0. The molecule has 6 rings (SSSR count). The van der Waals surface area contributed by atoms with Crippen LogP contribution >= 0.6 is 0 Å². The summed E-state index contributed by atoms with van der Waals surface area (Å²) >= 11 is 0. The molecule has 0 bridgehead atoms. The number of hydrogen-bond donors (Lipinski definition) is 1. The largest absolute Gasteiger partial charge is 0.377 e. The summed E-state index contributed by atoms with van der Waals surface area (Å²) in [5.41, 5.74) is 3.26. The van der Waals surface area contributed by atoms with E-state index in [1.165, 1.54) is 0 Å². The second kappa shape index (κ2) is 8.03. The van der Waals surface area contributed by atoms with Crippen LogP contribution in [-0.4, -0.2) is 67.3 Å². The first kappa shape index (κ1) is 22.0. The number of nitrogens with zero attached hydrogens (tertiary/aromatic N) is 6. The molecule has 3 fully saturated rings. The Morgan fingerprint density at radius 3 is 2.79 bits per heavy atom. The number of anilines is 1. The molecule has 0 aromatic carbocycles. The van der Waals surface area contributed by atoms with Crippen molar-refractivity contribution < 1.29 is 13.7 Å². The SMILES string of the molecule is CC1COCCN1c1cc(C2(S(C)(=N)=O)CC2)n2ncc(-c3ccnn3C3CCCCO3)c2n1. The van der Waals surface area contributed by atoms with E-state index in [2.05, 4.69) is 16.9 Å². The topological polar surface area (TPSA) is 111 Å². The summed E-state index contributed by atoms with van der Waals surface area (Å²) in [6.07, 6.45) is 9.57. The fraction of sp³-hybridized carbons (Fsp3) is 0.609. The van der Waals surface area contributed by atoms with Gasteiger partial charge in [-0.25, -0.2) is 18.4 Å². The summed E-state index contributed by atoms with van der Waals surface area (Å²) in [5, 5.41) is 9.28. The van der Waals surface area contributed by atoms with Crippen molar-refractivity contribution in [1.29, 1.82) is 4.78 Å². The summed E-state index contributed by atoms with van der Waals surface area (Å²) in [5.74, 6) is 0.815. The minimum atomic E-state index is -2.84. The van der Waals surface area contributed by atoms with Crippen molar-refractivity contribution in [2.75, 3.05) is 37.5 Å². The molecule has 0 radical (unpaired) electrons. The van der Waals surface area contributed by atoms with Crippen LogP contribution in [0.15, 0.2) is 24.5 Å². The molecule has 10 nitrogen and oxygen atoms in total. The minimum Gasteiger partial charge on any atom is -0.377 e. The molecule has 182 valence electrons. The van der Waals surface area contributed by atoms with Crippen LogP contribution in [0.3, 0.4) is 0 Å². The molecule has 3 atom stereocenters. The zero-order valence-corrected chi connectivity index (χ0v) is 20.5. The van der Waals surface area contributed by atoms with Gasteiger partial charge in [0.25, 0.3) is 0 Å². The zero-order valence-electron chi connectivity index (χ0n) is 19.6. The third-order valence-electron chi connectivity index (χ3n) is 7.41. The molecular weight excluding hydrogens is 454 g/mol. The zero-order chi connectivity index (χ0) is 23.5. The van der Waals surface area contributed by atoms with E-state index in [9.17, 15) is 4.21 Å². The van der Waals surface area contributed by atoms with Crippen molar-refractivity contribution in [3.05, 3.63) is 30.2 Å². The van der Waals surface area contributed by atoms with Crippen molar-refractivity contribution in [3.8, 4) is 11.3 Å². The summed E-state index contributed by atoms with van der Waals surface area (Å²) < 4.78 is 36.3. The molecule has 2 saturated heterocycles. The lowest BCUT2D eigenvalue weighted by Gasteiger charge is -2.35. The molecule has 1 saturated carbocycles. The highest BCUT2D eigenvalue weighted by molar-refractivity contribution is 7.93. The van der Waals surface area contributed by atoms with Gasteiger partial charge in [-0.3, -0.25) is 4.78 Å². The van der Waals surface area contributed by atoms with Crippen LogP contribution in [0.1, 0.15) is 50.9 Å². The highest BCUT2D eigenvalue weighted by atomic mass is 32.2. The number of ether oxygens (including phenoxy) is 2. The first-order valence-corrected chi connectivity index (χ1v) is 14.0. The van der Waals surface area contributed by atoms with E-state index in [1.807, 2.05) is 23.0 Å². The van der Waals surface area contributed by atoms with E-state index in [4.69, 9.17) is 24.3 Å². The van der Waals surface area contributed by atoms with E-state index in [0.29, 0.717) is 31.7 Å². The maximum absolute atomic E-state index is 13.1. The maximum atomic E-state index is 13.1. The van der Waals surface area contributed by atoms with Gasteiger partial charge in [0.2, 0.25) is 0 Å². The average molecular weight is 486 g/mol. The molecule has 1 N–H and O–H groups in total. The van der Waals surface area contributed by atoms with Crippen LogP contribution in [-0.2, 0) is 23.9 Å². The van der Waals surface area contributed by atoms with Crippen molar-refractivity contribution in [1.82, 2.24) is 24.4 Å². The highest BCUT2D eigenvalue weighted by Crippen LogP contribution is 2.53. The van der Waals surface area contributed by atoms with E-state index in [-0.39, 0.29) is 12.3 Å². The van der Waals surface area contributed by atoms with Gasteiger partial charge in [-0.15, -0.1) is 0 Å². The number of aromatic nitrogens is 5. The number of hydrogen-bond acceptors (Lipinski definition) is 8. The highest BCUT2D eigenvalue weighted by Gasteiger charge is 2.53. The van der Waals surface area contributed by atoms with Crippen LogP contribution in [0, 0.1) is 4.78 Å². The van der Waals surface area contributed by atoms with Crippen LogP contribution in [0.2, 0.25) is 0 Å². The van der Waals surface area contributed by atoms with Crippen LogP contribution < -0.4 is 4.90 Å². The summed E-state index contributed by atoms with van der Waals surface area (Å²) in [6.45, 7) is 4.86. The van der Waals surface area contributed by atoms with Gasteiger partial charge >= 0.3 is 0 Å². The molecule has 0 amide bonds. The summed E-state index contributed by atoms with van der Waals surface area (Å²) in [4.78, 5) is 7.31. The Kier molecular flexibility index (Phi) is 5.19. The molecular formula is C23H31N7O3S. The van der Waals surface area contributed by atoms with E-state index >= 15 is 0 Å². The van der Waals surface area contributed by atoms with Gasteiger partial charge in [-0.1, -0.05) is 0 Å². The average Bonchev–Trinajstić information content (AvgIpc) is 3.33. The molecule has 34 heavy (non-hydrogen) atoms. The van der Waals surface area contributed by atoms with Gasteiger partial charge < -0.3 is 14.4 Å². The third-order valence-corrected chi connectivity index (χ3v) is 9.52. The molecule has 11 heteroatoms. The predicted octanol–water partition coefficient (Wildman–Crippen LogP) is 3.18. The van der Waals surface area contributed by atoms with Gasteiger partial charge in [-0.2, -0.15) is 10.2 Å². The Bertz CT molecular complexity index is 1320. The molecule has 3 aromatic rings. The Labute approximate surface area is 199 Å². The van der Waals surface area contributed by atoms with Crippen molar-refractivity contribution in [2.24, 2.45) is 0 Å². The van der Waals surface area contributed by atoms with Crippen LogP contribution in [0.4, 0.5) is 5.82 Å². The standard InChI is InChI=1S/C23H31N7O3S/c1-16-15-32-12-10-28(16)20-13-19(23(7-8-23)34(2,24)31)30-22(27-20)17(14-26-30)18-6-9-25-29(18)21-5-3-4-11-33-21/h6,9,13-14,16,21,24H,3-5,7-8,10-12,15H2,1-2H3. The summed E-state index contributed by atoms with van der Waals surface area (Å²) in [6, 6.07) is 4.14. The Morgan fingerprint density at radius 1 is 1.24 bits per heavy atom. The van der Waals surface area contributed by atoms with Gasteiger partial charge in [0, 0.05) is 31.7 Å². The quantitative estimate of drug-likeness (QED) is 0.591. The Balaban J connectivity index is 1.54. The second-order valence-electron chi connectivity index (χ2n) is 9.73. The van der Waals surface area contributed by atoms with Crippen molar-refractivity contribution in [2.45, 2.75) is 56.0 Å². The third kappa shape index (κ3) is 3.44. The van der Waals surface area contributed by atoms with Crippen molar-refractivity contribution in [3.63, 3.8) is 0 Å². The lowest BCUT2D eigenvalue weighted by Crippen LogP contribution is -2.44. The lowest BCUT2D eigenvalue weighted by molar-refractivity contribution is -0.0383. The van der Waals surface area contributed by atoms with Gasteiger partial charge in [0.05, 0.1) is 56.9 Å². The van der Waals surface area contributed by atoms with E-state index in [1.54, 1.807) is 17.0 Å². The van der Waals surface area contributed by atoms with Crippen LogP contribution in [0.25, 0.3) is 16.9 Å². The first-order chi connectivity index (χ1) is 16.4. The number of morpholine rings is 1. The van der Waals surface area contributed by atoms with E-state index in [0.717, 1.165) is 55.2 Å². The molecule has 3 aromatic heterocycles. The van der Waals surface area contributed by atoms with Gasteiger partial charge in [-0.05, 0) is 45.1 Å². The minimum absolute atomic E-state index is 0.104. The van der Waals surface area contributed by atoms with Crippen molar-refractivity contribution >= 4 is 21.2 Å². The number of rotatable bonds is 5. The molecule has 0 spiro atoms. The molecule has 3 unspecified atom stereocenters. The van der Waals surface area contributed by atoms with E-state index < -0.39 is 14.5 Å². The second-order valence-corrected chi connectivity index (χ2v) is 12.2. The monoisotopic (exact) mass is 485 g/mol. The Hall–Kier alpha value is -2.50. The molecule has 5 heterocycles. The van der Waals surface area contributed by atoms with Gasteiger partial charge in [0.15, 0.2) is 11.9 Å². The normalized spacial score (nSPS) is 26.5. The summed E-state index contributed by atoms with van der Waals surface area (Å²) in [7, 11) is -2.84. The van der Waals surface area contributed by atoms with Crippen LogP contribution in [0.5, 0.6) is 0 Å². The number of nitrogens with one attached hydrogen (secondary N) is 1. The fourth-order valence-corrected chi connectivity index (χ4v) is 6.73. The fourth-order valence-electron chi connectivity index (χ4n) is 5.30. The molecule has 3 aliphatic rings.